The Morgan fingerprint density at radius 1 is 0.939 bits per heavy atom. The summed E-state index contributed by atoms with van der Waals surface area (Å²) in [6.07, 6.45) is 4.95. The SMILES string of the molecule is COCc1cccc(Cn2cc(-c3cc(-c4cccc(-c5ncco5)c4)nc(N)n3)nn2)n1. The monoisotopic (exact) mass is 440 g/mol. The number of oxazole rings is 1. The number of benzene rings is 1. The van der Waals surface area contributed by atoms with E-state index < -0.39 is 0 Å². The van der Waals surface area contributed by atoms with Crippen molar-refractivity contribution < 1.29 is 9.15 Å². The summed E-state index contributed by atoms with van der Waals surface area (Å²) in [6.45, 7) is 0.923. The maximum absolute atomic E-state index is 6.01. The summed E-state index contributed by atoms with van der Waals surface area (Å²) in [5.41, 5.74) is 11.2. The normalized spacial score (nSPS) is 11.1. The van der Waals surface area contributed by atoms with Gasteiger partial charge in [-0.1, -0.05) is 23.4 Å². The lowest BCUT2D eigenvalue weighted by molar-refractivity contribution is 0.181. The minimum atomic E-state index is 0.146. The number of hydrogen-bond donors (Lipinski definition) is 1. The summed E-state index contributed by atoms with van der Waals surface area (Å²) in [5, 5.41) is 8.48. The van der Waals surface area contributed by atoms with Gasteiger partial charge in [-0.05, 0) is 30.3 Å². The van der Waals surface area contributed by atoms with Crippen LogP contribution in [0.4, 0.5) is 5.95 Å². The third-order valence-corrected chi connectivity index (χ3v) is 4.86. The first-order valence-corrected chi connectivity index (χ1v) is 10.2. The molecule has 5 rings (SSSR count). The molecule has 0 amide bonds. The third-order valence-electron chi connectivity index (χ3n) is 4.86. The summed E-state index contributed by atoms with van der Waals surface area (Å²) in [7, 11) is 1.64. The zero-order valence-electron chi connectivity index (χ0n) is 17.8. The fraction of sp³-hybridized carbons (Fsp3) is 0.130. The molecule has 10 nitrogen and oxygen atoms in total. The van der Waals surface area contributed by atoms with Gasteiger partial charge in [-0.3, -0.25) is 4.98 Å². The van der Waals surface area contributed by atoms with Crippen LogP contribution in [0.15, 0.2) is 71.6 Å². The van der Waals surface area contributed by atoms with Crippen molar-refractivity contribution in [3.8, 4) is 34.1 Å². The van der Waals surface area contributed by atoms with Gasteiger partial charge < -0.3 is 14.9 Å². The summed E-state index contributed by atoms with van der Waals surface area (Å²) in [4.78, 5) is 17.5. The molecule has 0 aliphatic heterocycles. The maximum atomic E-state index is 6.01. The van der Waals surface area contributed by atoms with Crippen molar-refractivity contribution >= 4 is 5.95 Å². The predicted octanol–water partition coefficient (Wildman–Crippen LogP) is 3.23. The molecule has 0 radical (unpaired) electrons. The van der Waals surface area contributed by atoms with Gasteiger partial charge in [-0.25, -0.2) is 19.6 Å². The highest BCUT2D eigenvalue weighted by atomic mass is 16.5. The van der Waals surface area contributed by atoms with Gasteiger partial charge >= 0.3 is 0 Å². The van der Waals surface area contributed by atoms with Crippen LogP contribution in [0.25, 0.3) is 34.1 Å². The zero-order valence-corrected chi connectivity index (χ0v) is 17.8. The van der Waals surface area contributed by atoms with E-state index in [1.807, 2.05) is 48.5 Å². The molecule has 4 aromatic heterocycles. The van der Waals surface area contributed by atoms with Crippen LogP contribution in [0.2, 0.25) is 0 Å². The van der Waals surface area contributed by atoms with E-state index in [2.05, 4.69) is 30.2 Å². The second-order valence-electron chi connectivity index (χ2n) is 7.27. The van der Waals surface area contributed by atoms with Gasteiger partial charge in [0.1, 0.15) is 12.0 Å². The molecule has 164 valence electrons. The number of nitrogens with two attached hydrogens (primary N) is 1. The molecule has 0 spiro atoms. The lowest BCUT2D eigenvalue weighted by Crippen LogP contribution is -2.04. The molecule has 0 aliphatic rings. The Balaban J connectivity index is 1.42. The van der Waals surface area contributed by atoms with Gasteiger partial charge in [0.2, 0.25) is 11.8 Å². The molecule has 0 saturated carbocycles. The number of hydrogen-bond acceptors (Lipinski definition) is 9. The van der Waals surface area contributed by atoms with Crippen molar-refractivity contribution in [2.75, 3.05) is 12.8 Å². The van der Waals surface area contributed by atoms with Crippen molar-refractivity contribution in [3.63, 3.8) is 0 Å². The maximum Gasteiger partial charge on any atom is 0.225 e. The van der Waals surface area contributed by atoms with E-state index in [0.717, 1.165) is 22.5 Å². The highest BCUT2D eigenvalue weighted by Gasteiger charge is 2.12. The van der Waals surface area contributed by atoms with Crippen LogP contribution in [0.1, 0.15) is 11.4 Å². The summed E-state index contributed by atoms with van der Waals surface area (Å²) < 4.78 is 12.3. The van der Waals surface area contributed by atoms with Gasteiger partial charge in [-0.15, -0.1) is 5.10 Å². The highest BCUT2D eigenvalue weighted by molar-refractivity contribution is 5.71. The number of aromatic nitrogens is 7. The Morgan fingerprint density at radius 2 is 1.76 bits per heavy atom. The molecule has 0 saturated heterocycles. The van der Waals surface area contributed by atoms with Gasteiger partial charge in [0.15, 0.2) is 0 Å². The van der Waals surface area contributed by atoms with Crippen LogP contribution in [0.3, 0.4) is 0 Å². The van der Waals surface area contributed by atoms with Crippen LogP contribution in [0, 0.1) is 0 Å². The van der Waals surface area contributed by atoms with E-state index in [9.17, 15) is 0 Å². The Bertz CT molecular complexity index is 1380. The van der Waals surface area contributed by atoms with E-state index >= 15 is 0 Å². The molecule has 0 unspecified atom stereocenters. The number of anilines is 1. The Labute approximate surface area is 189 Å². The molecule has 0 atom stereocenters. The standard InChI is InChI=1S/C23H20N8O2/c1-32-14-18-7-3-6-17(26-18)12-31-13-21(29-30-31)20-11-19(27-23(24)28-20)15-4-2-5-16(10-15)22-25-8-9-33-22/h2-11,13H,12,14H2,1H3,(H2,24,27,28). The van der Waals surface area contributed by atoms with Crippen LogP contribution >= 0.6 is 0 Å². The van der Waals surface area contributed by atoms with Crippen LogP contribution in [-0.4, -0.2) is 42.0 Å². The van der Waals surface area contributed by atoms with Gasteiger partial charge in [0.05, 0.1) is 48.3 Å². The van der Waals surface area contributed by atoms with Crippen LogP contribution in [0.5, 0.6) is 0 Å². The summed E-state index contributed by atoms with van der Waals surface area (Å²) >= 11 is 0. The van der Waals surface area contributed by atoms with E-state index in [1.54, 1.807) is 24.2 Å². The van der Waals surface area contributed by atoms with Crippen molar-refractivity contribution in [1.29, 1.82) is 0 Å². The predicted molar refractivity (Wildman–Crippen MR) is 120 cm³/mol. The quantitative estimate of drug-likeness (QED) is 0.405. The number of pyridine rings is 1. The smallest absolute Gasteiger partial charge is 0.225 e. The molecule has 0 aliphatic carbocycles. The lowest BCUT2D eigenvalue weighted by Gasteiger charge is -2.06. The van der Waals surface area contributed by atoms with Gasteiger partial charge in [0.25, 0.3) is 0 Å². The fourth-order valence-electron chi connectivity index (χ4n) is 3.43. The highest BCUT2D eigenvalue weighted by Crippen LogP contribution is 2.27. The summed E-state index contributed by atoms with van der Waals surface area (Å²) in [6, 6.07) is 15.3. The number of nitrogen functional groups attached to an aromatic ring is 1. The lowest BCUT2D eigenvalue weighted by atomic mass is 10.1. The molecule has 10 heteroatoms. The van der Waals surface area contributed by atoms with Crippen LogP contribution < -0.4 is 5.73 Å². The van der Waals surface area contributed by atoms with E-state index in [4.69, 9.17) is 14.9 Å². The molecular formula is C23H20N8O2. The molecule has 2 N–H and O–H groups in total. The second-order valence-corrected chi connectivity index (χ2v) is 7.27. The summed E-state index contributed by atoms with van der Waals surface area (Å²) in [5.74, 6) is 0.678. The van der Waals surface area contributed by atoms with Crippen molar-refractivity contribution in [2.24, 2.45) is 0 Å². The van der Waals surface area contributed by atoms with E-state index in [1.165, 1.54) is 6.26 Å². The number of nitrogens with zero attached hydrogens (tertiary/aromatic N) is 7. The van der Waals surface area contributed by atoms with Crippen LogP contribution in [-0.2, 0) is 17.9 Å². The molecular weight excluding hydrogens is 420 g/mol. The number of rotatable bonds is 7. The largest absolute Gasteiger partial charge is 0.445 e. The van der Waals surface area contributed by atoms with Gasteiger partial charge in [0, 0.05) is 18.2 Å². The van der Waals surface area contributed by atoms with E-state index in [0.29, 0.717) is 36.1 Å². The molecule has 5 aromatic rings. The first-order chi connectivity index (χ1) is 16.2. The number of methoxy groups -OCH3 is 1. The number of ether oxygens (including phenoxy) is 1. The topological polar surface area (TPSA) is 131 Å². The van der Waals surface area contributed by atoms with Crippen molar-refractivity contribution in [1.82, 2.24) is 34.9 Å². The first-order valence-electron chi connectivity index (χ1n) is 10.2. The molecule has 33 heavy (non-hydrogen) atoms. The van der Waals surface area contributed by atoms with E-state index in [-0.39, 0.29) is 5.95 Å². The molecule has 0 fully saturated rings. The molecule has 0 bridgehead atoms. The Hall–Kier alpha value is -4.44. The zero-order chi connectivity index (χ0) is 22.6. The first kappa shape index (κ1) is 20.5. The fourth-order valence-corrected chi connectivity index (χ4v) is 3.43. The molecule has 1 aromatic carbocycles. The second kappa shape index (κ2) is 8.97. The van der Waals surface area contributed by atoms with Gasteiger partial charge in [-0.2, -0.15) is 0 Å². The van der Waals surface area contributed by atoms with Crippen molar-refractivity contribution in [3.05, 3.63) is 78.6 Å². The minimum Gasteiger partial charge on any atom is -0.445 e. The molecule has 4 heterocycles. The Morgan fingerprint density at radius 3 is 2.61 bits per heavy atom. The average molecular weight is 440 g/mol. The Kier molecular flexibility index (Phi) is 5.56. The average Bonchev–Trinajstić information content (AvgIpc) is 3.52. The third kappa shape index (κ3) is 4.60. The van der Waals surface area contributed by atoms with Crippen molar-refractivity contribution in [2.45, 2.75) is 13.2 Å². The minimum absolute atomic E-state index is 0.146.